The highest BCUT2D eigenvalue weighted by Crippen LogP contribution is 2.38. The van der Waals surface area contributed by atoms with Crippen molar-refractivity contribution in [3.05, 3.63) is 83.2 Å². The van der Waals surface area contributed by atoms with Crippen LogP contribution in [0.1, 0.15) is 51.9 Å². The van der Waals surface area contributed by atoms with Crippen molar-refractivity contribution < 1.29 is 23.5 Å². The maximum atomic E-state index is 13.7. The predicted octanol–water partition coefficient (Wildman–Crippen LogP) is 2.70. The molecule has 0 radical (unpaired) electrons. The van der Waals surface area contributed by atoms with E-state index in [1.54, 1.807) is 35.6 Å². The van der Waals surface area contributed by atoms with Crippen molar-refractivity contribution >= 4 is 17.7 Å². The van der Waals surface area contributed by atoms with Crippen LogP contribution in [0.2, 0.25) is 0 Å². The zero-order valence-corrected chi connectivity index (χ0v) is 21.4. The molecule has 1 aliphatic carbocycles. The summed E-state index contributed by atoms with van der Waals surface area (Å²) in [6.45, 7) is 2.45. The number of methoxy groups -OCH3 is 1. The van der Waals surface area contributed by atoms with Gasteiger partial charge in [-0.05, 0) is 55.5 Å². The van der Waals surface area contributed by atoms with Crippen LogP contribution in [0, 0.1) is 5.82 Å². The second-order valence-electron chi connectivity index (χ2n) is 9.88. The molecule has 0 bridgehead atoms. The molecule has 2 aliphatic rings. The molecular formula is C28H30FN5O4. The number of ether oxygens (including phenoxy) is 1. The van der Waals surface area contributed by atoms with Crippen LogP contribution in [0.5, 0.6) is 5.75 Å². The molecule has 198 valence electrons. The van der Waals surface area contributed by atoms with Crippen molar-refractivity contribution in [1.82, 2.24) is 25.1 Å². The number of rotatable bonds is 9. The second kappa shape index (κ2) is 10.3. The Bertz CT molecular complexity index is 1370. The van der Waals surface area contributed by atoms with Crippen molar-refractivity contribution in [2.24, 2.45) is 0 Å². The van der Waals surface area contributed by atoms with Crippen LogP contribution in [0.25, 0.3) is 0 Å². The quantitative estimate of drug-likeness (QED) is 0.452. The smallest absolute Gasteiger partial charge is 0.274 e. The van der Waals surface area contributed by atoms with Gasteiger partial charge < -0.3 is 24.8 Å². The van der Waals surface area contributed by atoms with E-state index in [1.807, 2.05) is 24.3 Å². The largest absolute Gasteiger partial charge is 0.496 e. The number of para-hydroxylation sites is 1. The summed E-state index contributed by atoms with van der Waals surface area (Å²) >= 11 is 0. The minimum atomic E-state index is -1.16. The summed E-state index contributed by atoms with van der Waals surface area (Å²) < 4.78 is 20.2. The molecule has 2 heterocycles. The predicted molar refractivity (Wildman–Crippen MR) is 137 cm³/mol. The number of carbonyl (C=O) groups excluding carboxylic acids is 3. The molecule has 0 saturated heterocycles. The summed E-state index contributed by atoms with van der Waals surface area (Å²) in [4.78, 5) is 46.1. The maximum Gasteiger partial charge on any atom is 0.274 e. The fourth-order valence-corrected chi connectivity index (χ4v) is 5.00. The Labute approximate surface area is 220 Å². The minimum Gasteiger partial charge on any atom is -0.496 e. The SMILES string of the molecule is COc1ccccc1CCNC(=O)c1ncn2c1C(=O)N(C1CC1)C(C)(C(=O)NCc1ccc(F)cc1)C2. The van der Waals surface area contributed by atoms with Gasteiger partial charge in [-0.3, -0.25) is 14.4 Å². The molecule has 1 saturated carbocycles. The monoisotopic (exact) mass is 519 g/mol. The van der Waals surface area contributed by atoms with Gasteiger partial charge in [0.2, 0.25) is 5.91 Å². The molecule has 3 aromatic rings. The summed E-state index contributed by atoms with van der Waals surface area (Å²) in [6.07, 6.45) is 3.58. The van der Waals surface area contributed by atoms with Gasteiger partial charge in [-0.2, -0.15) is 0 Å². The molecule has 1 fully saturated rings. The van der Waals surface area contributed by atoms with Crippen LogP contribution in [-0.2, 0) is 24.3 Å². The van der Waals surface area contributed by atoms with E-state index >= 15 is 0 Å². The van der Waals surface area contributed by atoms with Gasteiger partial charge in [0.05, 0.1) is 20.0 Å². The van der Waals surface area contributed by atoms with Gasteiger partial charge in [-0.1, -0.05) is 30.3 Å². The van der Waals surface area contributed by atoms with Crippen molar-refractivity contribution in [1.29, 1.82) is 0 Å². The Morgan fingerprint density at radius 3 is 2.58 bits per heavy atom. The van der Waals surface area contributed by atoms with Gasteiger partial charge in [0.25, 0.3) is 11.8 Å². The Kier molecular flexibility index (Phi) is 6.88. The van der Waals surface area contributed by atoms with E-state index in [9.17, 15) is 18.8 Å². The van der Waals surface area contributed by atoms with Crippen LogP contribution in [0.4, 0.5) is 4.39 Å². The van der Waals surface area contributed by atoms with Crippen molar-refractivity contribution in [2.75, 3.05) is 13.7 Å². The topological polar surface area (TPSA) is 106 Å². The molecule has 1 aliphatic heterocycles. The molecule has 1 atom stereocenters. The van der Waals surface area contributed by atoms with Gasteiger partial charge in [0.1, 0.15) is 22.8 Å². The number of aromatic nitrogens is 2. The number of benzene rings is 2. The van der Waals surface area contributed by atoms with Crippen molar-refractivity contribution in [2.45, 2.75) is 50.9 Å². The number of hydrogen-bond acceptors (Lipinski definition) is 5. The fraction of sp³-hybridized carbons (Fsp3) is 0.357. The average Bonchev–Trinajstić information content (AvgIpc) is 3.65. The number of hydrogen-bond donors (Lipinski definition) is 2. The summed E-state index contributed by atoms with van der Waals surface area (Å²) in [5.74, 6) is -0.748. The lowest BCUT2D eigenvalue weighted by molar-refractivity contribution is -0.133. The Morgan fingerprint density at radius 2 is 1.87 bits per heavy atom. The summed E-state index contributed by atoms with van der Waals surface area (Å²) in [7, 11) is 1.60. The molecule has 1 unspecified atom stereocenters. The number of imidazole rings is 1. The number of amides is 3. The summed E-state index contributed by atoms with van der Waals surface area (Å²) in [5.41, 5.74) is 0.785. The number of carbonyl (C=O) groups is 3. The molecular weight excluding hydrogens is 489 g/mol. The first-order valence-corrected chi connectivity index (χ1v) is 12.6. The normalized spacial score (nSPS) is 18.6. The fourth-order valence-electron chi connectivity index (χ4n) is 5.00. The molecule has 2 aromatic carbocycles. The van der Waals surface area contributed by atoms with E-state index < -0.39 is 11.4 Å². The lowest BCUT2D eigenvalue weighted by Gasteiger charge is -2.44. The van der Waals surface area contributed by atoms with Crippen molar-refractivity contribution in [3.8, 4) is 5.75 Å². The highest BCUT2D eigenvalue weighted by Gasteiger charge is 2.53. The molecule has 0 spiro atoms. The first-order valence-electron chi connectivity index (χ1n) is 12.6. The van der Waals surface area contributed by atoms with E-state index in [4.69, 9.17) is 4.74 Å². The zero-order valence-electron chi connectivity index (χ0n) is 21.4. The zero-order chi connectivity index (χ0) is 26.9. The number of halogens is 1. The maximum absolute atomic E-state index is 13.7. The van der Waals surface area contributed by atoms with Gasteiger partial charge in [0.15, 0.2) is 5.69 Å². The van der Waals surface area contributed by atoms with Crippen LogP contribution < -0.4 is 15.4 Å². The van der Waals surface area contributed by atoms with Crippen LogP contribution in [0.15, 0.2) is 54.9 Å². The lowest BCUT2D eigenvalue weighted by Crippen LogP contribution is -2.64. The molecule has 2 N–H and O–H groups in total. The molecule has 1 aromatic heterocycles. The van der Waals surface area contributed by atoms with Crippen LogP contribution in [-0.4, -0.2) is 57.4 Å². The third-order valence-electron chi connectivity index (χ3n) is 7.12. The van der Waals surface area contributed by atoms with Gasteiger partial charge in [-0.25, -0.2) is 9.37 Å². The highest BCUT2D eigenvalue weighted by molar-refractivity contribution is 6.07. The summed E-state index contributed by atoms with van der Waals surface area (Å²) in [6, 6.07) is 13.4. The highest BCUT2D eigenvalue weighted by atomic mass is 19.1. The van der Waals surface area contributed by atoms with Crippen LogP contribution in [0.3, 0.4) is 0 Å². The van der Waals surface area contributed by atoms with E-state index in [1.165, 1.54) is 18.5 Å². The number of fused-ring (bicyclic) bond motifs is 1. The Balaban J connectivity index is 1.31. The minimum absolute atomic E-state index is 0.0504. The molecule has 10 heteroatoms. The van der Waals surface area contributed by atoms with Gasteiger partial charge in [0, 0.05) is 19.1 Å². The van der Waals surface area contributed by atoms with E-state index in [2.05, 4.69) is 15.6 Å². The average molecular weight is 520 g/mol. The third kappa shape index (κ3) is 4.85. The van der Waals surface area contributed by atoms with Crippen molar-refractivity contribution in [3.63, 3.8) is 0 Å². The second-order valence-corrected chi connectivity index (χ2v) is 9.88. The van der Waals surface area contributed by atoms with Gasteiger partial charge in [-0.15, -0.1) is 0 Å². The van der Waals surface area contributed by atoms with Crippen LogP contribution >= 0.6 is 0 Å². The first-order chi connectivity index (χ1) is 18.3. The molecule has 3 amide bonds. The lowest BCUT2D eigenvalue weighted by atomic mass is 9.93. The van der Waals surface area contributed by atoms with E-state index in [-0.39, 0.29) is 48.2 Å². The molecule has 38 heavy (non-hydrogen) atoms. The molecule has 5 rings (SSSR count). The third-order valence-corrected chi connectivity index (χ3v) is 7.12. The molecule has 9 nitrogen and oxygen atoms in total. The summed E-state index contributed by atoms with van der Waals surface area (Å²) in [5, 5.41) is 5.75. The van der Waals surface area contributed by atoms with Gasteiger partial charge >= 0.3 is 0 Å². The number of nitrogens with zero attached hydrogens (tertiary/aromatic N) is 3. The standard InChI is InChI=1S/C28H30FN5O4/c1-28(27(37)31-15-18-7-9-20(29)10-8-18)16-33-17-32-23(24(33)26(36)34(28)21-11-12-21)25(35)30-14-13-19-5-3-4-6-22(19)38-2/h3-10,17,21H,11-16H2,1-2H3,(H,30,35)(H,31,37). The first kappa shape index (κ1) is 25.4. The Hall–Kier alpha value is -4.21. The Morgan fingerprint density at radius 1 is 1.13 bits per heavy atom. The number of nitrogens with one attached hydrogen (secondary N) is 2. The van der Waals surface area contributed by atoms with E-state index in [0.717, 1.165) is 29.7 Å². The van der Waals surface area contributed by atoms with E-state index in [0.29, 0.717) is 13.0 Å².